The second-order valence-electron chi connectivity index (χ2n) is 11.1. The molecule has 1 saturated heterocycles. The number of benzene rings is 4. The summed E-state index contributed by atoms with van der Waals surface area (Å²) in [6, 6.07) is 32.1. The molecule has 1 fully saturated rings. The molecule has 5 rings (SSSR count). The third-order valence-corrected chi connectivity index (χ3v) is 7.55. The summed E-state index contributed by atoms with van der Waals surface area (Å²) < 4.78 is 35.5. The third kappa shape index (κ3) is 9.62. The van der Waals surface area contributed by atoms with Gasteiger partial charge in [0.1, 0.15) is 12.7 Å². The van der Waals surface area contributed by atoms with Crippen molar-refractivity contribution in [2.75, 3.05) is 13.2 Å². The van der Waals surface area contributed by atoms with E-state index in [2.05, 4.69) is 0 Å². The average molecular weight is 683 g/mol. The van der Waals surface area contributed by atoms with Crippen molar-refractivity contribution in [1.29, 1.82) is 0 Å². The van der Waals surface area contributed by atoms with Gasteiger partial charge in [-0.15, -0.1) is 0 Å². The number of rotatable bonds is 14. The maximum absolute atomic E-state index is 13.6. The fraction of sp³-hybridized carbons (Fsp3) is 0.237. The first-order valence-electron chi connectivity index (χ1n) is 15.8. The quantitative estimate of drug-likeness (QED) is 0.106. The number of esters is 4. The van der Waals surface area contributed by atoms with E-state index in [0.717, 1.165) is 0 Å². The topological polar surface area (TPSA) is 161 Å². The van der Waals surface area contributed by atoms with Crippen LogP contribution in [0.25, 0.3) is 0 Å². The molecule has 4 aromatic rings. The summed E-state index contributed by atoms with van der Waals surface area (Å²) in [6.07, 6.45) is -7.60. The normalized spacial score (nSPS) is 19.8. The summed E-state index contributed by atoms with van der Waals surface area (Å²) in [4.78, 5) is 64.7. The van der Waals surface area contributed by atoms with Crippen LogP contribution in [0.4, 0.5) is 0 Å². The molecule has 0 aliphatic carbocycles. The predicted molar refractivity (Wildman–Crippen MR) is 175 cm³/mol. The van der Waals surface area contributed by atoms with Crippen LogP contribution in [-0.2, 0) is 33.2 Å². The van der Waals surface area contributed by atoms with Gasteiger partial charge in [-0.3, -0.25) is 4.79 Å². The van der Waals surface area contributed by atoms with Crippen LogP contribution < -0.4 is 0 Å². The number of carbonyl (C=O) groups excluding carboxylic acids is 4. The van der Waals surface area contributed by atoms with Gasteiger partial charge in [-0.1, -0.05) is 72.8 Å². The van der Waals surface area contributed by atoms with Crippen LogP contribution >= 0.6 is 0 Å². The Balaban J connectivity index is 1.53. The Labute approximate surface area is 287 Å². The standard InChI is InChI=1S/C38H34O12/c39-30(40)22-13-23-45-38-33(50-37(44)28-20-11-4-12-21-28)32(49-36(43)27-18-9-3-10-19-27)31(48-35(42)26-16-7-2-8-17-26)29(47-38)24-46-34(41)25-14-5-1-6-15-25/h1-12,14-21,29,31-33,38H,13,22-24H2,(H,39,40)/t29?,31?,32?,33?,38-/m1/s1. The molecule has 0 radical (unpaired) electrons. The summed E-state index contributed by atoms with van der Waals surface area (Å²) in [7, 11) is 0. The van der Waals surface area contributed by atoms with Gasteiger partial charge in [-0.25, -0.2) is 19.2 Å². The molecular formula is C38H34O12. The molecule has 0 saturated carbocycles. The molecule has 258 valence electrons. The molecule has 0 amide bonds. The summed E-state index contributed by atoms with van der Waals surface area (Å²) >= 11 is 0. The van der Waals surface area contributed by atoms with E-state index in [-0.39, 0.29) is 41.7 Å². The summed E-state index contributed by atoms with van der Waals surface area (Å²) in [5.41, 5.74) is 0.697. The predicted octanol–water partition coefficient (Wildman–Crippen LogP) is 5.13. The molecule has 12 nitrogen and oxygen atoms in total. The lowest BCUT2D eigenvalue weighted by Gasteiger charge is -2.44. The molecule has 5 atom stereocenters. The number of carboxylic acid groups (broad SMARTS) is 1. The van der Waals surface area contributed by atoms with Gasteiger partial charge in [-0.2, -0.15) is 0 Å². The molecule has 0 spiro atoms. The Morgan fingerprint density at radius 1 is 0.540 bits per heavy atom. The molecule has 1 aliphatic heterocycles. The number of hydrogen-bond acceptors (Lipinski definition) is 11. The Bertz CT molecular complexity index is 1730. The van der Waals surface area contributed by atoms with Gasteiger partial charge in [-0.05, 0) is 55.0 Å². The highest BCUT2D eigenvalue weighted by molar-refractivity contribution is 5.91. The zero-order valence-corrected chi connectivity index (χ0v) is 26.7. The molecule has 1 heterocycles. The zero-order chi connectivity index (χ0) is 35.3. The molecule has 4 unspecified atom stereocenters. The van der Waals surface area contributed by atoms with Crippen LogP contribution in [-0.4, -0.2) is 78.9 Å². The number of ether oxygens (including phenoxy) is 6. The Kier molecular flexibility index (Phi) is 12.4. The third-order valence-electron chi connectivity index (χ3n) is 7.55. The van der Waals surface area contributed by atoms with Crippen LogP contribution in [0.3, 0.4) is 0 Å². The highest BCUT2D eigenvalue weighted by Gasteiger charge is 2.53. The number of hydrogen-bond donors (Lipinski definition) is 1. The van der Waals surface area contributed by atoms with Crippen molar-refractivity contribution in [2.24, 2.45) is 0 Å². The van der Waals surface area contributed by atoms with Crippen molar-refractivity contribution in [3.05, 3.63) is 144 Å². The molecule has 50 heavy (non-hydrogen) atoms. The van der Waals surface area contributed by atoms with Crippen molar-refractivity contribution in [3.8, 4) is 0 Å². The monoisotopic (exact) mass is 682 g/mol. The van der Waals surface area contributed by atoms with Crippen LogP contribution in [0.15, 0.2) is 121 Å². The summed E-state index contributed by atoms with van der Waals surface area (Å²) in [5.74, 6) is -4.27. The van der Waals surface area contributed by atoms with Gasteiger partial charge in [0.05, 0.1) is 28.9 Å². The molecular weight excluding hydrogens is 648 g/mol. The Morgan fingerprint density at radius 2 is 0.940 bits per heavy atom. The number of carboxylic acids is 1. The van der Waals surface area contributed by atoms with E-state index in [9.17, 15) is 24.0 Å². The smallest absolute Gasteiger partial charge is 0.338 e. The van der Waals surface area contributed by atoms with Crippen molar-refractivity contribution in [3.63, 3.8) is 0 Å². The minimum atomic E-state index is -1.57. The van der Waals surface area contributed by atoms with Crippen molar-refractivity contribution in [2.45, 2.75) is 43.5 Å². The molecule has 0 aromatic heterocycles. The lowest BCUT2D eigenvalue weighted by Crippen LogP contribution is -2.63. The molecule has 4 aromatic carbocycles. The number of aliphatic carboxylic acids is 1. The van der Waals surface area contributed by atoms with E-state index in [1.165, 1.54) is 36.4 Å². The van der Waals surface area contributed by atoms with Gasteiger partial charge in [0, 0.05) is 6.42 Å². The second kappa shape index (κ2) is 17.5. The zero-order valence-electron chi connectivity index (χ0n) is 26.7. The summed E-state index contributed by atoms with van der Waals surface area (Å²) in [5, 5.41) is 9.16. The first-order valence-corrected chi connectivity index (χ1v) is 15.8. The fourth-order valence-corrected chi connectivity index (χ4v) is 5.08. The minimum Gasteiger partial charge on any atom is -0.481 e. The van der Waals surface area contributed by atoms with Gasteiger partial charge >= 0.3 is 29.8 Å². The second-order valence-corrected chi connectivity index (χ2v) is 11.1. The SMILES string of the molecule is O=C(O)CCCO[C@@H]1OC(COC(=O)c2ccccc2)C(OC(=O)c2ccccc2)C(OC(=O)c2ccccc2)C1OC(=O)c1ccccc1. The molecule has 0 bridgehead atoms. The highest BCUT2D eigenvalue weighted by Crippen LogP contribution is 2.32. The van der Waals surface area contributed by atoms with E-state index < -0.39 is 67.2 Å². The van der Waals surface area contributed by atoms with Crippen LogP contribution in [0.2, 0.25) is 0 Å². The molecule has 12 heteroatoms. The van der Waals surface area contributed by atoms with E-state index in [4.69, 9.17) is 33.5 Å². The van der Waals surface area contributed by atoms with Crippen molar-refractivity contribution in [1.82, 2.24) is 0 Å². The van der Waals surface area contributed by atoms with Gasteiger partial charge in [0.2, 0.25) is 0 Å². The van der Waals surface area contributed by atoms with Crippen LogP contribution in [0.5, 0.6) is 0 Å². The van der Waals surface area contributed by atoms with E-state index in [0.29, 0.717) is 0 Å². The molecule has 1 N–H and O–H groups in total. The lowest BCUT2D eigenvalue weighted by molar-refractivity contribution is -0.298. The molecule has 1 aliphatic rings. The highest BCUT2D eigenvalue weighted by atomic mass is 16.7. The first kappa shape index (κ1) is 35.5. The van der Waals surface area contributed by atoms with Crippen LogP contribution in [0, 0.1) is 0 Å². The van der Waals surface area contributed by atoms with Crippen LogP contribution in [0.1, 0.15) is 54.3 Å². The van der Waals surface area contributed by atoms with Crippen molar-refractivity contribution < 1.29 is 57.5 Å². The lowest BCUT2D eigenvalue weighted by atomic mass is 9.97. The van der Waals surface area contributed by atoms with E-state index in [1.807, 2.05) is 0 Å². The van der Waals surface area contributed by atoms with Crippen molar-refractivity contribution >= 4 is 29.8 Å². The average Bonchev–Trinajstić information content (AvgIpc) is 3.15. The Hall–Kier alpha value is -5.85. The van der Waals surface area contributed by atoms with Gasteiger partial charge in [0.25, 0.3) is 0 Å². The maximum Gasteiger partial charge on any atom is 0.338 e. The Morgan fingerprint density at radius 3 is 1.38 bits per heavy atom. The first-order chi connectivity index (χ1) is 24.3. The van der Waals surface area contributed by atoms with Gasteiger partial charge in [0.15, 0.2) is 24.6 Å². The fourth-order valence-electron chi connectivity index (χ4n) is 5.08. The maximum atomic E-state index is 13.6. The van der Waals surface area contributed by atoms with E-state index in [1.54, 1.807) is 84.9 Å². The number of carbonyl (C=O) groups is 5. The summed E-state index contributed by atoms with van der Waals surface area (Å²) in [6.45, 7) is -0.672. The van der Waals surface area contributed by atoms with E-state index >= 15 is 0 Å². The van der Waals surface area contributed by atoms with Gasteiger partial charge < -0.3 is 33.5 Å². The minimum absolute atomic E-state index is 0.0586. The largest absolute Gasteiger partial charge is 0.481 e.